The summed E-state index contributed by atoms with van der Waals surface area (Å²) >= 11 is 0. The second-order valence-corrected chi connectivity index (χ2v) is 4.60. The molecule has 0 saturated heterocycles. The molecular formula is C16H16O. The number of terminal acetylenes is 1. The Kier molecular flexibility index (Phi) is 3.17. The fraction of sp³-hybridized carbons (Fsp3) is 0.250. The number of aryl methyl sites for hydroxylation is 1. The summed E-state index contributed by atoms with van der Waals surface area (Å²) < 4.78 is 0. The predicted octanol–water partition coefficient (Wildman–Crippen LogP) is 3.16. The zero-order valence-electron chi connectivity index (χ0n) is 9.98. The fourth-order valence-corrected chi connectivity index (χ4v) is 1.85. The van der Waals surface area contributed by atoms with E-state index in [9.17, 15) is 5.11 Å². The summed E-state index contributed by atoms with van der Waals surface area (Å²) in [6.07, 6.45) is 6.64. The van der Waals surface area contributed by atoms with Gasteiger partial charge in [-0.25, -0.2) is 0 Å². The van der Waals surface area contributed by atoms with Crippen molar-refractivity contribution in [2.75, 3.05) is 0 Å². The van der Waals surface area contributed by atoms with Crippen LogP contribution < -0.4 is 0 Å². The summed E-state index contributed by atoms with van der Waals surface area (Å²) in [6.45, 7) is 1.67. The third kappa shape index (κ3) is 2.87. The predicted molar refractivity (Wildman–Crippen MR) is 71.7 cm³/mol. The molecule has 2 aromatic carbocycles. The normalized spacial score (nSPS) is 14.2. The molecule has 0 amide bonds. The molecule has 0 aliphatic heterocycles. The quantitative estimate of drug-likeness (QED) is 0.794. The van der Waals surface area contributed by atoms with E-state index in [1.165, 1.54) is 16.3 Å². The molecule has 1 nitrogen and oxygen atoms in total. The summed E-state index contributed by atoms with van der Waals surface area (Å²) in [4.78, 5) is 0. The molecule has 0 heterocycles. The Morgan fingerprint density at radius 2 is 1.88 bits per heavy atom. The molecule has 17 heavy (non-hydrogen) atoms. The number of hydrogen-bond donors (Lipinski definition) is 1. The van der Waals surface area contributed by atoms with E-state index < -0.39 is 5.60 Å². The Morgan fingerprint density at radius 1 is 1.18 bits per heavy atom. The third-order valence-corrected chi connectivity index (χ3v) is 3.03. The van der Waals surface area contributed by atoms with Crippen LogP contribution in [0.5, 0.6) is 0 Å². The van der Waals surface area contributed by atoms with Crippen molar-refractivity contribution in [3.8, 4) is 12.3 Å². The molecule has 0 unspecified atom stereocenters. The lowest BCUT2D eigenvalue weighted by Crippen LogP contribution is -2.21. The number of rotatable bonds is 3. The van der Waals surface area contributed by atoms with Gasteiger partial charge >= 0.3 is 0 Å². The molecule has 0 bridgehead atoms. The van der Waals surface area contributed by atoms with Crippen LogP contribution >= 0.6 is 0 Å². The highest BCUT2D eigenvalue weighted by atomic mass is 16.3. The van der Waals surface area contributed by atoms with E-state index >= 15 is 0 Å². The van der Waals surface area contributed by atoms with Crippen LogP contribution in [0.1, 0.15) is 18.9 Å². The van der Waals surface area contributed by atoms with Gasteiger partial charge in [0.1, 0.15) is 5.60 Å². The molecule has 1 N–H and O–H groups in total. The molecule has 1 heteroatoms. The van der Waals surface area contributed by atoms with Gasteiger partial charge in [0.15, 0.2) is 0 Å². The second-order valence-electron chi connectivity index (χ2n) is 4.60. The molecule has 0 spiro atoms. The lowest BCUT2D eigenvalue weighted by Gasteiger charge is -2.15. The lowest BCUT2D eigenvalue weighted by molar-refractivity contribution is 0.113. The fourth-order valence-electron chi connectivity index (χ4n) is 1.85. The second kappa shape index (κ2) is 4.61. The third-order valence-electron chi connectivity index (χ3n) is 3.03. The Hall–Kier alpha value is -1.78. The molecule has 0 saturated carbocycles. The van der Waals surface area contributed by atoms with Crippen LogP contribution in [0, 0.1) is 12.3 Å². The summed E-state index contributed by atoms with van der Waals surface area (Å²) in [5, 5.41) is 12.2. The molecule has 0 fully saturated rings. The van der Waals surface area contributed by atoms with Crippen molar-refractivity contribution in [2.45, 2.75) is 25.4 Å². The Balaban J connectivity index is 2.18. The van der Waals surface area contributed by atoms with Crippen LogP contribution in [0.15, 0.2) is 42.5 Å². The molecule has 1 atom stereocenters. The van der Waals surface area contributed by atoms with Crippen LogP contribution in [0.2, 0.25) is 0 Å². The summed E-state index contributed by atoms with van der Waals surface area (Å²) in [5.41, 5.74) is 0.199. The van der Waals surface area contributed by atoms with Gasteiger partial charge in [-0.05, 0) is 36.1 Å². The summed E-state index contributed by atoms with van der Waals surface area (Å²) in [5.74, 6) is 2.40. The van der Waals surface area contributed by atoms with E-state index in [2.05, 4.69) is 36.3 Å². The van der Waals surface area contributed by atoms with Crippen molar-refractivity contribution >= 4 is 10.8 Å². The maximum atomic E-state index is 9.76. The van der Waals surface area contributed by atoms with E-state index in [4.69, 9.17) is 6.42 Å². The van der Waals surface area contributed by atoms with Gasteiger partial charge in [0.05, 0.1) is 0 Å². The molecule has 2 aromatic rings. The molecule has 2 rings (SSSR count). The van der Waals surface area contributed by atoms with Gasteiger partial charge in [0.25, 0.3) is 0 Å². The number of fused-ring (bicyclic) bond motifs is 1. The first kappa shape index (κ1) is 11.7. The van der Waals surface area contributed by atoms with Crippen LogP contribution in [0.4, 0.5) is 0 Å². The number of aliphatic hydroxyl groups is 1. The molecule has 86 valence electrons. The van der Waals surface area contributed by atoms with Crippen LogP contribution in [-0.4, -0.2) is 10.7 Å². The highest BCUT2D eigenvalue weighted by Crippen LogP contribution is 2.18. The van der Waals surface area contributed by atoms with Crippen molar-refractivity contribution in [3.05, 3.63) is 48.0 Å². The van der Waals surface area contributed by atoms with Gasteiger partial charge in [-0.1, -0.05) is 48.4 Å². The minimum atomic E-state index is -1.01. The SMILES string of the molecule is C#C[C@@](C)(O)CCc1ccc2ccccc2c1. The van der Waals surface area contributed by atoms with E-state index in [1.807, 2.05) is 12.1 Å². The van der Waals surface area contributed by atoms with Crippen molar-refractivity contribution in [3.63, 3.8) is 0 Å². The molecule has 0 aliphatic rings. The number of hydrogen-bond acceptors (Lipinski definition) is 1. The Labute approximate surface area is 102 Å². The van der Waals surface area contributed by atoms with Crippen molar-refractivity contribution in [1.29, 1.82) is 0 Å². The zero-order chi connectivity index (χ0) is 12.3. The highest BCUT2D eigenvalue weighted by Gasteiger charge is 2.15. The first-order valence-corrected chi connectivity index (χ1v) is 5.78. The van der Waals surface area contributed by atoms with Crippen molar-refractivity contribution in [2.24, 2.45) is 0 Å². The smallest absolute Gasteiger partial charge is 0.122 e. The van der Waals surface area contributed by atoms with Crippen LogP contribution in [-0.2, 0) is 6.42 Å². The maximum absolute atomic E-state index is 9.76. The monoisotopic (exact) mass is 224 g/mol. The molecule has 0 radical (unpaired) electrons. The van der Waals surface area contributed by atoms with Gasteiger partial charge in [-0.3, -0.25) is 0 Å². The lowest BCUT2D eigenvalue weighted by atomic mass is 9.96. The van der Waals surface area contributed by atoms with Gasteiger partial charge in [0, 0.05) is 0 Å². The van der Waals surface area contributed by atoms with Gasteiger partial charge in [0.2, 0.25) is 0 Å². The van der Waals surface area contributed by atoms with Crippen LogP contribution in [0.3, 0.4) is 0 Å². The minimum Gasteiger partial charge on any atom is -0.378 e. The van der Waals surface area contributed by atoms with Crippen molar-refractivity contribution in [1.82, 2.24) is 0 Å². The molecule has 0 aromatic heterocycles. The van der Waals surface area contributed by atoms with Crippen LogP contribution in [0.25, 0.3) is 10.8 Å². The highest BCUT2D eigenvalue weighted by molar-refractivity contribution is 5.82. The van der Waals surface area contributed by atoms with E-state index in [1.54, 1.807) is 6.92 Å². The average Bonchev–Trinajstić information content (AvgIpc) is 2.36. The zero-order valence-corrected chi connectivity index (χ0v) is 9.98. The number of benzene rings is 2. The Bertz CT molecular complexity index is 561. The van der Waals surface area contributed by atoms with E-state index in [0.717, 1.165) is 6.42 Å². The average molecular weight is 224 g/mol. The summed E-state index contributed by atoms with van der Waals surface area (Å²) in [6, 6.07) is 14.6. The maximum Gasteiger partial charge on any atom is 0.122 e. The van der Waals surface area contributed by atoms with Crippen molar-refractivity contribution < 1.29 is 5.11 Å². The first-order valence-electron chi connectivity index (χ1n) is 5.78. The van der Waals surface area contributed by atoms with E-state index in [-0.39, 0.29) is 0 Å². The van der Waals surface area contributed by atoms with Gasteiger partial charge < -0.3 is 5.11 Å². The largest absolute Gasteiger partial charge is 0.378 e. The Morgan fingerprint density at radius 3 is 2.59 bits per heavy atom. The standard InChI is InChI=1S/C16H16O/c1-3-16(2,17)11-10-13-8-9-14-6-4-5-7-15(14)12-13/h1,4-9,12,17H,10-11H2,2H3/t16-/m1/s1. The molecule has 0 aliphatic carbocycles. The topological polar surface area (TPSA) is 20.2 Å². The molecular weight excluding hydrogens is 208 g/mol. The minimum absolute atomic E-state index is 0.585. The summed E-state index contributed by atoms with van der Waals surface area (Å²) in [7, 11) is 0. The van der Waals surface area contributed by atoms with Gasteiger partial charge in [-0.15, -0.1) is 6.42 Å². The van der Waals surface area contributed by atoms with E-state index in [0.29, 0.717) is 6.42 Å². The van der Waals surface area contributed by atoms with Gasteiger partial charge in [-0.2, -0.15) is 0 Å². The first-order chi connectivity index (χ1) is 8.11.